The zero-order valence-electron chi connectivity index (χ0n) is 23.1. The Morgan fingerprint density at radius 3 is 2.15 bits per heavy atom. The Labute approximate surface area is 208 Å². The van der Waals surface area contributed by atoms with E-state index in [4.69, 9.17) is 9.16 Å². The highest BCUT2D eigenvalue weighted by molar-refractivity contribution is 6.74. The minimum atomic E-state index is -2.00. The second kappa shape index (κ2) is 11.0. The highest BCUT2D eigenvalue weighted by Crippen LogP contribution is 2.40. The van der Waals surface area contributed by atoms with Crippen LogP contribution >= 0.6 is 0 Å². The summed E-state index contributed by atoms with van der Waals surface area (Å²) in [6.07, 6.45) is 1.07. The first-order chi connectivity index (χ1) is 15.5. The molecule has 0 unspecified atom stereocenters. The number of benzene rings is 1. The molecule has 0 N–H and O–H groups in total. The van der Waals surface area contributed by atoms with Crippen LogP contribution < -0.4 is 0 Å². The van der Waals surface area contributed by atoms with E-state index in [1.54, 1.807) is 0 Å². The fourth-order valence-corrected chi connectivity index (χ4v) is 5.35. The maximum atomic E-state index is 13.6. The quantitative estimate of drug-likeness (QED) is 0.304. The lowest BCUT2D eigenvalue weighted by molar-refractivity contribution is -0.161. The number of Topliss-reactive ketones (excluding diaryl/α,β-unsaturated/α-hetero) is 1. The molecule has 0 amide bonds. The molecule has 1 saturated heterocycles. The van der Waals surface area contributed by atoms with Gasteiger partial charge in [-0.3, -0.25) is 14.5 Å². The average Bonchev–Trinajstić information content (AvgIpc) is 3.03. The van der Waals surface area contributed by atoms with Crippen molar-refractivity contribution in [3.05, 3.63) is 35.9 Å². The van der Waals surface area contributed by atoms with Gasteiger partial charge < -0.3 is 9.16 Å². The van der Waals surface area contributed by atoms with Gasteiger partial charge in [-0.15, -0.1) is 0 Å². The van der Waals surface area contributed by atoms with Crippen LogP contribution in [0.5, 0.6) is 0 Å². The van der Waals surface area contributed by atoms with Gasteiger partial charge in [-0.2, -0.15) is 0 Å². The van der Waals surface area contributed by atoms with Gasteiger partial charge in [-0.05, 0) is 56.8 Å². The summed E-state index contributed by atoms with van der Waals surface area (Å²) in [4.78, 5) is 29.0. The standard InChI is InChI=1S/C28H47NO4Si/c1-20(2)16-24(30)25-22(19-32-34(9,10)28(6,7)8)17-23(26(31)33-27(3,4)5)29(25)18-21-14-12-11-13-15-21/h11-15,20,22-23,25H,16-19H2,1-10H3/t22-,23+,25+/m0/s1. The summed E-state index contributed by atoms with van der Waals surface area (Å²) in [5.41, 5.74) is 0.507. The Bertz CT molecular complexity index is 823. The van der Waals surface area contributed by atoms with Crippen molar-refractivity contribution in [1.82, 2.24) is 4.90 Å². The van der Waals surface area contributed by atoms with Gasteiger partial charge in [0.1, 0.15) is 11.6 Å². The predicted octanol–water partition coefficient (Wildman–Crippen LogP) is 6.22. The Morgan fingerprint density at radius 1 is 1.06 bits per heavy atom. The second-order valence-electron chi connectivity index (χ2n) is 12.8. The largest absolute Gasteiger partial charge is 0.459 e. The summed E-state index contributed by atoms with van der Waals surface area (Å²) in [7, 11) is -2.00. The normalized spacial score (nSPS) is 22.3. The number of carbonyl (C=O) groups is 2. The molecule has 192 valence electrons. The number of ketones is 1. The van der Waals surface area contributed by atoms with Gasteiger partial charge in [0, 0.05) is 25.5 Å². The summed E-state index contributed by atoms with van der Waals surface area (Å²) in [5.74, 6) is 0.164. The van der Waals surface area contributed by atoms with Gasteiger partial charge in [0.15, 0.2) is 14.1 Å². The molecule has 1 aromatic carbocycles. The Balaban J connectivity index is 2.42. The van der Waals surface area contributed by atoms with E-state index in [1.165, 1.54) is 0 Å². The highest BCUT2D eigenvalue weighted by atomic mass is 28.4. The molecule has 0 radical (unpaired) electrons. The zero-order chi connectivity index (χ0) is 25.9. The number of ether oxygens (including phenoxy) is 1. The molecule has 1 aliphatic rings. The topological polar surface area (TPSA) is 55.8 Å². The fraction of sp³-hybridized carbons (Fsp3) is 0.714. The van der Waals surface area contributed by atoms with Crippen LogP contribution in [0, 0.1) is 11.8 Å². The summed E-state index contributed by atoms with van der Waals surface area (Å²) < 4.78 is 12.4. The number of hydrogen-bond donors (Lipinski definition) is 0. The molecule has 6 heteroatoms. The number of esters is 1. The first-order valence-electron chi connectivity index (χ1n) is 12.7. The molecule has 1 fully saturated rings. The minimum absolute atomic E-state index is 0.0402. The van der Waals surface area contributed by atoms with E-state index in [2.05, 4.69) is 64.7 Å². The molecule has 5 nitrogen and oxygen atoms in total. The van der Waals surface area contributed by atoms with Crippen molar-refractivity contribution in [3.8, 4) is 0 Å². The summed E-state index contributed by atoms with van der Waals surface area (Å²) in [5, 5.41) is 0.0807. The number of rotatable bonds is 9. The first kappa shape index (κ1) is 28.7. The van der Waals surface area contributed by atoms with Crippen molar-refractivity contribution in [1.29, 1.82) is 0 Å². The maximum absolute atomic E-state index is 13.6. The molecule has 0 aliphatic carbocycles. The van der Waals surface area contributed by atoms with Crippen LogP contribution in [0.3, 0.4) is 0 Å². The van der Waals surface area contributed by atoms with Crippen molar-refractivity contribution >= 4 is 20.1 Å². The van der Waals surface area contributed by atoms with Gasteiger partial charge >= 0.3 is 5.97 Å². The fourth-order valence-electron chi connectivity index (χ4n) is 4.28. The Hall–Kier alpha value is -1.50. The van der Waals surface area contributed by atoms with Gasteiger partial charge in [-0.1, -0.05) is 65.0 Å². The van der Waals surface area contributed by atoms with E-state index in [0.29, 0.717) is 26.0 Å². The SMILES string of the molecule is CC(C)CC(=O)[C@H]1[C@H](CO[Si](C)(C)C(C)(C)C)C[C@H](C(=O)OC(C)(C)C)N1Cc1ccccc1. The number of likely N-dealkylation sites (tertiary alicyclic amines) is 1. The molecule has 0 aromatic heterocycles. The Kier molecular flexibility index (Phi) is 9.33. The third-order valence-electron chi connectivity index (χ3n) is 7.02. The molecule has 0 saturated carbocycles. The van der Waals surface area contributed by atoms with Crippen molar-refractivity contribution in [2.45, 2.75) is 111 Å². The number of nitrogens with zero attached hydrogens (tertiary/aromatic N) is 1. The van der Waals surface area contributed by atoms with E-state index in [0.717, 1.165) is 5.56 Å². The lowest BCUT2D eigenvalue weighted by atomic mass is 9.92. The van der Waals surface area contributed by atoms with Crippen molar-refractivity contribution in [2.75, 3.05) is 6.61 Å². The zero-order valence-corrected chi connectivity index (χ0v) is 24.1. The van der Waals surface area contributed by atoms with Crippen LogP contribution in [-0.2, 0) is 25.3 Å². The smallest absolute Gasteiger partial charge is 0.323 e. The summed E-state index contributed by atoms with van der Waals surface area (Å²) >= 11 is 0. The minimum Gasteiger partial charge on any atom is -0.459 e. The van der Waals surface area contributed by atoms with E-state index in [1.807, 2.05) is 39.0 Å². The summed E-state index contributed by atoms with van der Waals surface area (Å²) in [6, 6.07) is 9.26. The van der Waals surface area contributed by atoms with Crippen LogP contribution in [0.1, 0.15) is 73.8 Å². The molecule has 1 aromatic rings. The number of hydrogen-bond acceptors (Lipinski definition) is 5. The second-order valence-corrected chi connectivity index (χ2v) is 17.6. The van der Waals surface area contributed by atoms with E-state index in [-0.39, 0.29) is 34.7 Å². The van der Waals surface area contributed by atoms with Gasteiger partial charge in [0.05, 0.1) is 6.04 Å². The summed E-state index contributed by atoms with van der Waals surface area (Å²) in [6.45, 7) is 22.0. The molecule has 0 spiro atoms. The molecule has 2 rings (SSSR count). The third kappa shape index (κ3) is 7.75. The molecular formula is C28H47NO4Si. The Morgan fingerprint density at radius 2 is 1.65 bits per heavy atom. The van der Waals surface area contributed by atoms with E-state index < -0.39 is 20.0 Å². The van der Waals surface area contributed by atoms with Crippen molar-refractivity contribution < 1.29 is 18.8 Å². The van der Waals surface area contributed by atoms with E-state index in [9.17, 15) is 9.59 Å². The van der Waals surface area contributed by atoms with Gasteiger partial charge in [0.25, 0.3) is 0 Å². The monoisotopic (exact) mass is 489 g/mol. The first-order valence-corrected chi connectivity index (χ1v) is 15.6. The van der Waals surface area contributed by atoms with Crippen molar-refractivity contribution in [3.63, 3.8) is 0 Å². The van der Waals surface area contributed by atoms with Crippen LogP contribution in [-0.4, -0.2) is 49.3 Å². The lowest BCUT2D eigenvalue weighted by Gasteiger charge is -2.38. The maximum Gasteiger partial charge on any atom is 0.323 e. The van der Waals surface area contributed by atoms with Crippen molar-refractivity contribution in [2.24, 2.45) is 11.8 Å². The highest BCUT2D eigenvalue weighted by Gasteiger charge is 2.49. The van der Waals surface area contributed by atoms with Crippen LogP contribution in [0.2, 0.25) is 18.1 Å². The molecule has 1 aliphatic heterocycles. The third-order valence-corrected chi connectivity index (χ3v) is 11.5. The number of carbonyl (C=O) groups excluding carboxylic acids is 2. The van der Waals surface area contributed by atoms with Gasteiger partial charge in [0.2, 0.25) is 0 Å². The molecule has 3 atom stereocenters. The predicted molar refractivity (Wildman–Crippen MR) is 141 cm³/mol. The average molecular weight is 490 g/mol. The molecule has 1 heterocycles. The molecule has 0 bridgehead atoms. The van der Waals surface area contributed by atoms with E-state index >= 15 is 0 Å². The van der Waals surface area contributed by atoms with Gasteiger partial charge in [-0.25, -0.2) is 0 Å². The van der Waals surface area contributed by atoms with Crippen LogP contribution in [0.4, 0.5) is 0 Å². The molecular weight excluding hydrogens is 442 g/mol. The molecule has 34 heavy (non-hydrogen) atoms. The van der Waals surface area contributed by atoms with Crippen LogP contribution in [0.25, 0.3) is 0 Å². The van der Waals surface area contributed by atoms with Crippen LogP contribution in [0.15, 0.2) is 30.3 Å². The lowest BCUT2D eigenvalue weighted by Crippen LogP contribution is -2.48.